The summed E-state index contributed by atoms with van der Waals surface area (Å²) in [5, 5.41) is 7.18. The summed E-state index contributed by atoms with van der Waals surface area (Å²) in [5.74, 6) is 2.28. The van der Waals surface area contributed by atoms with Crippen LogP contribution in [0.5, 0.6) is 5.75 Å². The molecule has 6 heteroatoms. The van der Waals surface area contributed by atoms with Crippen molar-refractivity contribution in [2.75, 3.05) is 13.1 Å². The molecule has 1 aromatic heterocycles. The third-order valence-electron chi connectivity index (χ3n) is 4.57. The minimum Gasteiger partial charge on any atom is -0.486 e. The maximum atomic E-state index is 12.0. The lowest BCUT2D eigenvalue weighted by atomic mass is 9.87. The molecule has 1 saturated heterocycles. The maximum Gasteiger partial charge on any atom is 0.223 e. The van der Waals surface area contributed by atoms with Gasteiger partial charge in [-0.25, -0.2) is 4.98 Å². The predicted octanol–water partition coefficient (Wildman–Crippen LogP) is 3.18. The first-order valence-electron chi connectivity index (χ1n) is 8.90. The summed E-state index contributed by atoms with van der Waals surface area (Å²) < 4.78 is 5.79. The monoisotopic (exact) mass is 354 g/mol. The summed E-state index contributed by atoms with van der Waals surface area (Å²) in [5.41, 5.74) is 1.39. The number of benzene rings is 1. The molecule has 2 heterocycles. The van der Waals surface area contributed by atoms with Gasteiger partial charge < -0.3 is 9.64 Å². The molecule has 0 saturated carbocycles. The maximum absolute atomic E-state index is 12.0. The third-order valence-corrected chi connectivity index (χ3v) is 4.57. The van der Waals surface area contributed by atoms with Crippen molar-refractivity contribution in [3.05, 3.63) is 54.1 Å². The van der Waals surface area contributed by atoms with Crippen LogP contribution in [0.15, 0.2) is 36.9 Å². The van der Waals surface area contributed by atoms with Gasteiger partial charge in [0.05, 0.1) is 0 Å². The number of carbonyl (C=O) groups is 1. The van der Waals surface area contributed by atoms with Crippen molar-refractivity contribution in [3.63, 3.8) is 0 Å². The Morgan fingerprint density at radius 1 is 1.35 bits per heavy atom. The van der Waals surface area contributed by atoms with Gasteiger partial charge in [0.25, 0.3) is 0 Å². The highest BCUT2D eigenvalue weighted by Gasteiger charge is 2.32. The average Bonchev–Trinajstić information content (AvgIpc) is 3.20. The van der Waals surface area contributed by atoms with Crippen molar-refractivity contribution < 1.29 is 9.53 Å². The Labute approximate surface area is 154 Å². The van der Waals surface area contributed by atoms with Gasteiger partial charge in [0.1, 0.15) is 12.4 Å². The zero-order chi connectivity index (χ0) is 18.7. The molecule has 138 valence electrons. The summed E-state index contributed by atoms with van der Waals surface area (Å²) in [6.07, 6.45) is 2.18. The Balaban J connectivity index is 1.57. The lowest BCUT2D eigenvalue weighted by Gasteiger charge is -2.19. The van der Waals surface area contributed by atoms with E-state index in [1.54, 1.807) is 11.0 Å². The van der Waals surface area contributed by atoms with E-state index in [-0.39, 0.29) is 17.2 Å². The van der Waals surface area contributed by atoms with E-state index in [9.17, 15) is 4.79 Å². The molecule has 1 aromatic carbocycles. The van der Waals surface area contributed by atoms with Gasteiger partial charge in [-0.2, -0.15) is 5.10 Å². The highest BCUT2D eigenvalue weighted by atomic mass is 16.5. The predicted molar refractivity (Wildman–Crippen MR) is 100.0 cm³/mol. The van der Waals surface area contributed by atoms with Crippen LogP contribution in [-0.4, -0.2) is 39.1 Å². The van der Waals surface area contributed by atoms with E-state index in [1.165, 1.54) is 5.56 Å². The van der Waals surface area contributed by atoms with Crippen LogP contribution in [0.2, 0.25) is 0 Å². The lowest BCUT2D eigenvalue weighted by Crippen LogP contribution is -2.24. The molecule has 0 aliphatic carbocycles. The first kappa shape index (κ1) is 18.2. The molecular formula is C20H26N4O2. The largest absolute Gasteiger partial charge is 0.486 e. The minimum atomic E-state index is 0.0264. The van der Waals surface area contributed by atoms with Gasteiger partial charge >= 0.3 is 0 Å². The van der Waals surface area contributed by atoms with Crippen LogP contribution in [-0.2, 0) is 16.8 Å². The van der Waals surface area contributed by atoms with Crippen molar-refractivity contribution in [1.82, 2.24) is 20.1 Å². The second-order valence-corrected chi connectivity index (χ2v) is 7.69. The Bertz CT molecular complexity index is 774. The Hall–Kier alpha value is -2.63. The molecule has 6 nitrogen and oxygen atoms in total. The number of likely N-dealkylation sites (tertiary alicyclic amines) is 1. The van der Waals surface area contributed by atoms with Gasteiger partial charge in [0.2, 0.25) is 5.91 Å². The number of ether oxygens (including phenoxy) is 1. The molecule has 1 unspecified atom stereocenters. The fourth-order valence-electron chi connectivity index (χ4n) is 3.04. The number of aromatic nitrogens is 3. The highest BCUT2D eigenvalue weighted by Crippen LogP contribution is 2.26. The van der Waals surface area contributed by atoms with Gasteiger partial charge in [-0.15, -0.1) is 6.58 Å². The Kier molecular flexibility index (Phi) is 5.11. The average molecular weight is 354 g/mol. The number of nitrogens with zero attached hydrogens (tertiary/aromatic N) is 3. The fraction of sp³-hybridized carbons (Fsp3) is 0.450. The smallest absolute Gasteiger partial charge is 0.223 e. The number of aromatic amines is 1. The van der Waals surface area contributed by atoms with Gasteiger partial charge in [-0.3, -0.25) is 9.89 Å². The van der Waals surface area contributed by atoms with Crippen LogP contribution in [0, 0.1) is 0 Å². The van der Waals surface area contributed by atoms with Crippen molar-refractivity contribution in [1.29, 1.82) is 0 Å². The van der Waals surface area contributed by atoms with Crippen molar-refractivity contribution in [2.24, 2.45) is 0 Å². The van der Waals surface area contributed by atoms with Gasteiger partial charge in [-0.1, -0.05) is 39.0 Å². The molecule has 1 aliphatic heterocycles. The highest BCUT2D eigenvalue weighted by molar-refractivity contribution is 5.79. The summed E-state index contributed by atoms with van der Waals surface area (Å²) >= 11 is 0. The standard InChI is InChI=1S/C20H26N4O2/c1-5-10-24-12-14(11-18(24)25)19-21-17(22-23-19)13-26-16-8-6-15(7-9-16)20(2,3)4/h5-9,14H,1,10-13H2,2-4H3,(H,21,22,23). The van der Waals surface area contributed by atoms with E-state index >= 15 is 0 Å². The third kappa shape index (κ3) is 4.12. The van der Waals surface area contributed by atoms with Gasteiger partial charge in [0, 0.05) is 25.4 Å². The van der Waals surface area contributed by atoms with E-state index in [4.69, 9.17) is 4.74 Å². The minimum absolute atomic E-state index is 0.0264. The summed E-state index contributed by atoms with van der Waals surface area (Å²) in [6, 6.07) is 8.11. The van der Waals surface area contributed by atoms with Crippen LogP contribution in [0.1, 0.15) is 50.3 Å². The SMILES string of the molecule is C=CCN1CC(c2n[nH]c(COc3ccc(C(C)(C)C)cc3)n2)CC1=O. The van der Waals surface area contributed by atoms with E-state index < -0.39 is 0 Å². The molecule has 1 fully saturated rings. The molecule has 0 bridgehead atoms. The van der Waals surface area contributed by atoms with Crippen LogP contribution in [0.3, 0.4) is 0 Å². The van der Waals surface area contributed by atoms with Crippen LogP contribution in [0.4, 0.5) is 0 Å². The topological polar surface area (TPSA) is 71.1 Å². The number of hydrogen-bond donors (Lipinski definition) is 1. The van der Waals surface area contributed by atoms with Gasteiger partial charge in [0.15, 0.2) is 11.6 Å². The summed E-state index contributed by atoms with van der Waals surface area (Å²) in [4.78, 5) is 18.2. The number of rotatable bonds is 6. The van der Waals surface area contributed by atoms with Gasteiger partial charge in [-0.05, 0) is 23.1 Å². The molecule has 1 amide bonds. The lowest BCUT2D eigenvalue weighted by molar-refractivity contribution is -0.127. The molecule has 1 aliphatic rings. The molecule has 3 rings (SSSR count). The number of hydrogen-bond acceptors (Lipinski definition) is 4. The molecule has 26 heavy (non-hydrogen) atoms. The molecule has 1 atom stereocenters. The molecular weight excluding hydrogens is 328 g/mol. The van der Waals surface area contributed by atoms with Crippen LogP contribution in [0.25, 0.3) is 0 Å². The zero-order valence-electron chi connectivity index (χ0n) is 15.7. The Morgan fingerprint density at radius 2 is 2.08 bits per heavy atom. The van der Waals surface area contributed by atoms with E-state index in [2.05, 4.69) is 54.7 Å². The van der Waals surface area contributed by atoms with E-state index in [1.807, 2.05) is 12.1 Å². The first-order chi connectivity index (χ1) is 12.4. The summed E-state index contributed by atoms with van der Waals surface area (Å²) in [7, 11) is 0. The normalized spacial score (nSPS) is 17.6. The Morgan fingerprint density at radius 3 is 2.73 bits per heavy atom. The second kappa shape index (κ2) is 7.32. The number of H-pyrrole nitrogens is 1. The van der Waals surface area contributed by atoms with Crippen LogP contribution >= 0.6 is 0 Å². The fourth-order valence-corrected chi connectivity index (χ4v) is 3.04. The first-order valence-corrected chi connectivity index (χ1v) is 8.90. The van der Waals surface area contributed by atoms with Crippen molar-refractivity contribution in [3.8, 4) is 5.75 Å². The second-order valence-electron chi connectivity index (χ2n) is 7.69. The van der Waals surface area contributed by atoms with Crippen molar-refractivity contribution in [2.45, 2.75) is 45.1 Å². The molecule has 0 radical (unpaired) electrons. The molecule has 1 N–H and O–H groups in total. The number of nitrogens with one attached hydrogen (secondary N) is 1. The van der Waals surface area contributed by atoms with E-state index in [0.717, 1.165) is 5.75 Å². The van der Waals surface area contributed by atoms with Crippen LogP contribution < -0.4 is 4.74 Å². The quantitative estimate of drug-likeness (QED) is 0.809. The summed E-state index contributed by atoms with van der Waals surface area (Å²) in [6.45, 7) is 11.8. The zero-order valence-corrected chi connectivity index (χ0v) is 15.7. The number of amides is 1. The molecule has 2 aromatic rings. The van der Waals surface area contributed by atoms with E-state index in [0.29, 0.717) is 37.8 Å². The number of carbonyl (C=O) groups excluding carboxylic acids is 1. The van der Waals surface area contributed by atoms with Crippen molar-refractivity contribution >= 4 is 5.91 Å². The molecule has 0 spiro atoms.